The first kappa shape index (κ1) is 44.1. The van der Waals surface area contributed by atoms with E-state index >= 15 is 0 Å². The van der Waals surface area contributed by atoms with Crippen molar-refractivity contribution in [1.82, 2.24) is 10.9 Å². The van der Waals surface area contributed by atoms with Crippen LogP contribution >= 0.6 is 15.9 Å². The van der Waals surface area contributed by atoms with Crippen LogP contribution in [0.5, 0.6) is 0 Å². The number of unbranched alkanes of at least 4 members (excludes halogenated alkanes) is 18. The third kappa shape index (κ3) is 8.23. The average Bonchev–Trinajstić information content (AvgIpc) is 3.68. The van der Waals surface area contributed by atoms with E-state index in [0.717, 1.165) is 79.4 Å². The van der Waals surface area contributed by atoms with Gasteiger partial charge in [-0.1, -0.05) is 151 Å². The fourth-order valence-electron chi connectivity index (χ4n) is 13.6. The second-order valence-corrected chi connectivity index (χ2v) is 21.1. The summed E-state index contributed by atoms with van der Waals surface area (Å²) < 4.78 is 12.2. The monoisotopic (exact) mass is 855 g/mol. The molecule has 2 aliphatic heterocycles. The van der Waals surface area contributed by atoms with Crippen LogP contribution in [0.25, 0.3) is 0 Å². The predicted molar refractivity (Wildman–Crippen MR) is 221 cm³/mol. The highest BCUT2D eigenvalue weighted by Crippen LogP contribution is 3.09. The van der Waals surface area contributed by atoms with Crippen LogP contribution in [0.15, 0.2) is 0 Å². The van der Waals surface area contributed by atoms with E-state index in [2.05, 4.69) is 33.7 Å². The molecule has 0 radical (unpaired) electrons. The molecular formula is C45H79BrN2O8. The van der Waals surface area contributed by atoms with Gasteiger partial charge in [0.1, 0.15) is 24.4 Å². The van der Waals surface area contributed by atoms with Crippen molar-refractivity contribution < 1.29 is 40.1 Å². The Hall–Kier alpha value is 0.0800. The summed E-state index contributed by atoms with van der Waals surface area (Å²) in [4.78, 5) is 0. The summed E-state index contributed by atoms with van der Waals surface area (Å²) in [6, 6.07) is 0.0693. The Morgan fingerprint density at radius 1 is 0.679 bits per heavy atom. The molecule has 324 valence electrons. The molecule has 11 heteroatoms. The van der Waals surface area contributed by atoms with Gasteiger partial charge >= 0.3 is 0 Å². The van der Waals surface area contributed by atoms with E-state index in [9.17, 15) is 30.6 Å². The Bertz CT molecular complexity index is 1160. The fraction of sp³-hybridized carbons (Fsp3) is 1.00. The highest BCUT2D eigenvalue weighted by Gasteiger charge is 3.08. The summed E-state index contributed by atoms with van der Waals surface area (Å²) in [5.41, 5.74) is 7.65. The van der Waals surface area contributed by atoms with E-state index in [1.807, 2.05) is 0 Å². The first-order valence-electron chi connectivity index (χ1n) is 23.7. The lowest BCUT2D eigenvalue weighted by Crippen LogP contribution is -3.11. The SMILES string of the molecule is CCCCCCCCCCCCCC[C@@H](O)[C@@H](O)[C@H](COC1OC(CO)C(O)C(O)C1O)C1CC(CCCCCCCCCCC23C4C5C2C2C3C4C52Br)NN1. The van der Waals surface area contributed by atoms with Gasteiger partial charge in [-0.2, -0.15) is 0 Å². The van der Waals surface area contributed by atoms with E-state index in [0.29, 0.717) is 10.7 Å². The third-order valence-electron chi connectivity index (χ3n) is 16.6. The molecule has 10 nitrogen and oxygen atoms in total. The number of nitrogens with one attached hydrogen (secondary N) is 2. The van der Waals surface area contributed by atoms with Gasteiger partial charge in [-0.25, -0.2) is 0 Å². The van der Waals surface area contributed by atoms with Gasteiger partial charge in [0.15, 0.2) is 6.29 Å². The number of alkyl halides is 1. The molecular weight excluding hydrogens is 776 g/mol. The molecule has 0 aromatic heterocycles. The predicted octanol–water partition coefficient (Wildman–Crippen LogP) is 6.25. The van der Waals surface area contributed by atoms with Gasteiger partial charge in [0, 0.05) is 22.3 Å². The van der Waals surface area contributed by atoms with Crippen LogP contribution in [0.2, 0.25) is 0 Å². The maximum Gasteiger partial charge on any atom is 0.186 e. The highest BCUT2D eigenvalue weighted by molar-refractivity contribution is 9.10. The minimum absolute atomic E-state index is 0.0345. The molecule has 7 unspecified atom stereocenters. The minimum atomic E-state index is -1.54. The third-order valence-corrected chi connectivity index (χ3v) is 18.2. The van der Waals surface area contributed by atoms with E-state index in [-0.39, 0.29) is 18.7 Å². The van der Waals surface area contributed by atoms with Gasteiger partial charge in [-0.15, -0.1) is 0 Å². The van der Waals surface area contributed by atoms with Gasteiger partial charge in [0.25, 0.3) is 0 Å². The molecule has 6 saturated carbocycles. The molecule has 8 aliphatic rings. The number of halogens is 1. The first-order chi connectivity index (χ1) is 27.2. The van der Waals surface area contributed by atoms with Gasteiger partial charge < -0.3 is 40.1 Å². The summed E-state index contributed by atoms with van der Waals surface area (Å²) in [6.07, 6.45) is 20.3. The van der Waals surface area contributed by atoms with Crippen LogP contribution < -0.4 is 10.9 Å². The van der Waals surface area contributed by atoms with Crippen molar-refractivity contribution in [3.8, 4) is 0 Å². The van der Waals surface area contributed by atoms with Crippen LogP contribution in [-0.2, 0) is 9.47 Å². The molecule has 56 heavy (non-hydrogen) atoms. The average molecular weight is 856 g/mol. The summed E-state index contributed by atoms with van der Waals surface area (Å²) in [7, 11) is 0. The molecule has 0 aromatic carbocycles. The van der Waals surface area contributed by atoms with Crippen molar-refractivity contribution in [2.45, 2.75) is 220 Å². The van der Waals surface area contributed by atoms with Crippen LogP contribution in [0.1, 0.15) is 161 Å². The minimum Gasteiger partial charge on any atom is -0.394 e. The molecule has 8 rings (SSSR count). The molecule has 0 amide bonds. The number of hydrogen-bond acceptors (Lipinski definition) is 10. The molecule has 0 spiro atoms. The van der Waals surface area contributed by atoms with Crippen molar-refractivity contribution in [2.24, 2.45) is 46.8 Å². The molecule has 10 atom stereocenters. The zero-order valence-corrected chi connectivity index (χ0v) is 36.1. The van der Waals surface area contributed by atoms with Crippen LogP contribution in [0, 0.1) is 46.8 Å². The number of hydrazine groups is 1. The Labute approximate surface area is 346 Å². The maximum absolute atomic E-state index is 11.5. The molecule has 8 fully saturated rings. The number of aliphatic hydroxyl groups is 6. The molecule has 6 aliphatic carbocycles. The normalized spacial score (nSPS) is 42.5. The van der Waals surface area contributed by atoms with Crippen molar-refractivity contribution in [3.05, 3.63) is 0 Å². The largest absolute Gasteiger partial charge is 0.394 e. The van der Waals surface area contributed by atoms with Gasteiger partial charge in [0.05, 0.1) is 25.4 Å². The maximum atomic E-state index is 11.5. The Morgan fingerprint density at radius 3 is 1.79 bits per heavy atom. The van der Waals surface area contributed by atoms with Crippen molar-refractivity contribution >= 4 is 15.9 Å². The van der Waals surface area contributed by atoms with Crippen molar-refractivity contribution in [1.29, 1.82) is 0 Å². The van der Waals surface area contributed by atoms with Crippen LogP contribution in [0.4, 0.5) is 0 Å². The lowest BCUT2D eigenvalue weighted by atomic mass is 8.96. The molecule has 8 N–H and O–H groups in total. The Kier molecular flexibility index (Phi) is 15.7. The summed E-state index contributed by atoms with van der Waals surface area (Å²) >= 11 is 4.10. The second-order valence-electron chi connectivity index (χ2n) is 19.7. The van der Waals surface area contributed by atoms with Gasteiger partial charge in [-0.3, -0.25) is 10.9 Å². The van der Waals surface area contributed by atoms with Crippen molar-refractivity contribution in [3.63, 3.8) is 0 Å². The van der Waals surface area contributed by atoms with E-state index < -0.39 is 55.4 Å². The Morgan fingerprint density at radius 2 is 1.21 bits per heavy atom. The zero-order chi connectivity index (χ0) is 39.5. The van der Waals surface area contributed by atoms with Crippen LogP contribution in [0.3, 0.4) is 0 Å². The summed E-state index contributed by atoms with van der Waals surface area (Å²) in [6.45, 7) is 1.68. The second kappa shape index (κ2) is 19.9. The van der Waals surface area contributed by atoms with E-state index in [4.69, 9.17) is 9.47 Å². The summed E-state index contributed by atoms with van der Waals surface area (Å²) in [5.74, 6) is 6.13. The standard InChI is InChI=1S/C45H79BrN2O8/c1-2-3-4-5-6-7-8-9-10-14-17-20-23-31(50)39(51)29(27-55-43-42(54)41(53)40(52)32(26-49)56-43)30-25-28(47-48-30)22-19-16-13-11-12-15-18-21-24-44-33-36-34(44)38-35(44)37(33)45(36,38)46/h28-43,47-54H,2-27H2,1H3/t28?,29-,30?,31-,32?,33?,34?,35?,36?,37?,38?,39+,40?,41?,42?,43?,44?,45?/m1/s1. The zero-order valence-electron chi connectivity index (χ0n) is 34.5. The smallest absolute Gasteiger partial charge is 0.186 e. The lowest BCUT2D eigenvalue weighted by Gasteiger charge is -3.11. The number of rotatable bonds is 31. The number of aliphatic hydroxyl groups excluding tert-OH is 6. The fourth-order valence-corrected chi connectivity index (χ4v) is 15.3. The van der Waals surface area contributed by atoms with E-state index in [1.54, 1.807) is 0 Å². The first-order valence-corrected chi connectivity index (χ1v) is 24.5. The summed E-state index contributed by atoms with van der Waals surface area (Å²) in [5, 5.41) is 63.4. The van der Waals surface area contributed by atoms with Crippen LogP contribution in [-0.4, -0.2) is 103 Å². The van der Waals surface area contributed by atoms with Crippen molar-refractivity contribution in [2.75, 3.05) is 13.2 Å². The van der Waals surface area contributed by atoms with E-state index in [1.165, 1.54) is 109 Å². The number of hydrogen-bond donors (Lipinski definition) is 8. The molecule has 2 heterocycles. The topological polar surface area (TPSA) is 164 Å². The Balaban J connectivity index is 0.765. The van der Waals surface area contributed by atoms with Gasteiger partial charge in [0.2, 0.25) is 0 Å². The molecule has 0 aromatic rings. The number of ether oxygens (including phenoxy) is 2. The lowest BCUT2D eigenvalue weighted by molar-refractivity contribution is -0.595. The highest BCUT2D eigenvalue weighted by atomic mass is 79.9. The van der Waals surface area contributed by atoms with Gasteiger partial charge in [-0.05, 0) is 66.6 Å². The molecule has 0 bridgehead atoms. The quantitative estimate of drug-likeness (QED) is 0.0296. The molecule has 2 saturated heterocycles.